The van der Waals surface area contributed by atoms with E-state index >= 15 is 0 Å². The molecule has 0 saturated carbocycles. The third-order valence-electron chi connectivity index (χ3n) is 4.51. The molecule has 0 aromatic heterocycles. The summed E-state index contributed by atoms with van der Waals surface area (Å²) in [6.45, 7) is 0.378. The van der Waals surface area contributed by atoms with E-state index in [4.69, 9.17) is 23.7 Å². The Kier molecular flexibility index (Phi) is 4.28. The number of halogens is 2. The summed E-state index contributed by atoms with van der Waals surface area (Å²) in [5.41, 5.74) is 0.697. The molecule has 8 nitrogen and oxygen atoms in total. The third kappa shape index (κ3) is 3.13. The molecule has 4 rings (SSSR count). The van der Waals surface area contributed by atoms with Crippen molar-refractivity contribution in [2.45, 2.75) is 49.8 Å². The van der Waals surface area contributed by atoms with E-state index in [0.717, 1.165) is 0 Å². The normalized spacial score (nSPS) is 34.7. The van der Waals surface area contributed by atoms with Gasteiger partial charge in [0, 0.05) is 12.5 Å². The minimum atomic E-state index is -3.74. The molecule has 6 atom stereocenters. The van der Waals surface area contributed by atoms with Gasteiger partial charge in [-0.15, -0.1) is 0 Å². The number of hydrogen-bond acceptors (Lipinski definition) is 8. The monoisotopic (exact) mass is 386 g/mol. The lowest BCUT2D eigenvalue weighted by Gasteiger charge is -2.19. The van der Waals surface area contributed by atoms with Gasteiger partial charge < -0.3 is 28.4 Å². The number of carbonyl (C=O) groups is 2. The van der Waals surface area contributed by atoms with Gasteiger partial charge in [-0.05, 0) is 12.1 Å². The first-order chi connectivity index (χ1) is 12.8. The van der Waals surface area contributed by atoms with E-state index < -0.39 is 54.9 Å². The van der Waals surface area contributed by atoms with Crippen molar-refractivity contribution in [3.8, 4) is 5.75 Å². The van der Waals surface area contributed by atoms with Gasteiger partial charge in [0.1, 0.15) is 11.9 Å². The quantitative estimate of drug-likeness (QED) is 0.716. The van der Waals surface area contributed by atoms with Gasteiger partial charge in [-0.1, -0.05) is 12.1 Å². The second-order valence-corrected chi connectivity index (χ2v) is 6.43. The van der Waals surface area contributed by atoms with Crippen molar-refractivity contribution in [2.24, 2.45) is 0 Å². The molecule has 1 aromatic rings. The van der Waals surface area contributed by atoms with Gasteiger partial charge in [0.25, 0.3) is 0 Å². The SMILES string of the molecule is COc1ccc(C2O[C@H]3O[C@H]4[C@H](OC(=O)[C@H]4OC(=O)C(C)(F)F)[C@H]3O2)cc1. The lowest BCUT2D eigenvalue weighted by atomic mass is 10.1. The second-order valence-electron chi connectivity index (χ2n) is 6.43. The number of esters is 2. The third-order valence-corrected chi connectivity index (χ3v) is 4.51. The number of hydrogen-bond donors (Lipinski definition) is 0. The van der Waals surface area contributed by atoms with E-state index in [-0.39, 0.29) is 0 Å². The molecule has 146 valence electrons. The maximum atomic E-state index is 13.0. The molecule has 0 aliphatic carbocycles. The van der Waals surface area contributed by atoms with Crippen molar-refractivity contribution in [3.63, 3.8) is 0 Å². The summed E-state index contributed by atoms with van der Waals surface area (Å²) in [5.74, 6) is -5.86. The molecule has 0 spiro atoms. The number of alkyl halides is 2. The van der Waals surface area contributed by atoms with Crippen molar-refractivity contribution in [1.82, 2.24) is 0 Å². The molecule has 3 aliphatic heterocycles. The van der Waals surface area contributed by atoms with Crippen LogP contribution in [-0.4, -0.2) is 55.7 Å². The van der Waals surface area contributed by atoms with E-state index in [2.05, 4.69) is 4.74 Å². The van der Waals surface area contributed by atoms with Crippen LogP contribution in [0.1, 0.15) is 18.8 Å². The van der Waals surface area contributed by atoms with Crippen molar-refractivity contribution >= 4 is 11.9 Å². The van der Waals surface area contributed by atoms with Gasteiger partial charge in [0.15, 0.2) is 24.8 Å². The molecule has 1 unspecified atom stereocenters. The first-order valence-corrected chi connectivity index (χ1v) is 8.17. The highest BCUT2D eigenvalue weighted by Crippen LogP contribution is 2.44. The topological polar surface area (TPSA) is 89.5 Å². The van der Waals surface area contributed by atoms with Crippen LogP contribution in [-0.2, 0) is 33.3 Å². The Morgan fingerprint density at radius 2 is 1.78 bits per heavy atom. The predicted octanol–water partition coefficient (Wildman–Crippen LogP) is 1.33. The fourth-order valence-corrected chi connectivity index (χ4v) is 3.16. The van der Waals surface area contributed by atoms with Gasteiger partial charge in [-0.3, -0.25) is 0 Å². The maximum Gasteiger partial charge on any atom is 0.377 e. The molecule has 27 heavy (non-hydrogen) atoms. The second kappa shape index (κ2) is 6.39. The minimum Gasteiger partial charge on any atom is -0.497 e. The molecular formula is C17H16F2O8. The average molecular weight is 386 g/mol. The Hall–Kier alpha value is -2.30. The summed E-state index contributed by atoms with van der Waals surface area (Å²) in [4.78, 5) is 23.3. The average Bonchev–Trinajstić information content (AvgIpc) is 3.26. The molecule has 1 aromatic carbocycles. The van der Waals surface area contributed by atoms with Crippen LogP contribution in [0.3, 0.4) is 0 Å². The number of ether oxygens (including phenoxy) is 6. The zero-order valence-corrected chi connectivity index (χ0v) is 14.3. The Bertz CT molecular complexity index is 746. The zero-order valence-electron chi connectivity index (χ0n) is 14.3. The van der Waals surface area contributed by atoms with Gasteiger partial charge in [0.05, 0.1) is 7.11 Å². The number of rotatable bonds is 4. The summed E-state index contributed by atoms with van der Waals surface area (Å²) < 4.78 is 57.9. The lowest BCUT2D eigenvalue weighted by Crippen LogP contribution is -2.40. The van der Waals surface area contributed by atoms with Crippen molar-refractivity contribution in [2.75, 3.05) is 7.11 Å². The fraction of sp³-hybridized carbons (Fsp3) is 0.529. The van der Waals surface area contributed by atoms with Crippen LogP contribution in [0.15, 0.2) is 24.3 Å². The van der Waals surface area contributed by atoms with Crippen LogP contribution in [0, 0.1) is 0 Å². The van der Waals surface area contributed by atoms with Gasteiger partial charge in [-0.25, -0.2) is 9.59 Å². The Labute approximate surface area is 152 Å². The standard InChI is InChI=1S/C17H16F2O8/c1-17(18,19)16(21)26-11-9-10(23-13(11)20)12-15(24-9)27-14(25-12)7-3-5-8(22-2)6-4-7/h3-6,9-12,14-15H,1-2H3/t9-,10-,11-,12+,14?,15+/m0/s1. The van der Waals surface area contributed by atoms with Crippen molar-refractivity contribution < 1.29 is 46.8 Å². The number of methoxy groups -OCH3 is 1. The van der Waals surface area contributed by atoms with E-state index in [1.807, 2.05) is 0 Å². The molecule has 0 bridgehead atoms. The number of benzene rings is 1. The van der Waals surface area contributed by atoms with E-state index in [1.54, 1.807) is 31.4 Å². The van der Waals surface area contributed by atoms with Crippen LogP contribution >= 0.6 is 0 Å². The summed E-state index contributed by atoms with van der Waals surface area (Å²) >= 11 is 0. The van der Waals surface area contributed by atoms with E-state index in [9.17, 15) is 18.4 Å². The van der Waals surface area contributed by atoms with Crippen molar-refractivity contribution in [1.29, 1.82) is 0 Å². The van der Waals surface area contributed by atoms with Crippen molar-refractivity contribution in [3.05, 3.63) is 29.8 Å². The largest absolute Gasteiger partial charge is 0.497 e. The molecule has 3 saturated heterocycles. The molecule has 0 radical (unpaired) electrons. The van der Waals surface area contributed by atoms with Crippen LogP contribution < -0.4 is 4.74 Å². The van der Waals surface area contributed by atoms with Gasteiger partial charge in [-0.2, -0.15) is 8.78 Å². The number of carbonyl (C=O) groups excluding carboxylic acids is 2. The Morgan fingerprint density at radius 1 is 1.07 bits per heavy atom. The first kappa shape index (κ1) is 18.1. The van der Waals surface area contributed by atoms with Crippen LogP contribution in [0.25, 0.3) is 0 Å². The van der Waals surface area contributed by atoms with Crippen LogP contribution in [0.5, 0.6) is 5.75 Å². The molecule has 3 heterocycles. The molecule has 0 amide bonds. The Balaban J connectivity index is 1.44. The minimum absolute atomic E-state index is 0.378. The summed E-state index contributed by atoms with van der Waals surface area (Å²) in [7, 11) is 1.54. The maximum absolute atomic E-state index is 13.0. The first-order valence-electron chi connectivity index (χ1n) is 8.17. The fourth-order valence-electron chi connectivity index (χ4n) is 3.16. The lowest BCUT2D eigenvalue weighted by molar-refractivity contribution is -0.195. The molecule has 0 N–H and O–H groups in total. The summed E-state index contributed by atoms with van der Waals surface area (Å²) in [5, 5.41) is 0. The highest BCUT2D eigenvalue weighted by molar-refractivity contribution is 5.84. The molecule has 3 fully saturated rings. The molecular weight excluding hydrogens is 370 g/mol. The summed E-state index contributed by atoms with van der Waals surface area (Å²) in [6, 6.07) is 6.96. The van der Waals surface area contributed by atoms with Crippen LogP contribution in [0.4, 0.5) is 8.78 Å². The van der Waals surface area contributed by atoms with E-state index in [1.165, 1.54) is 0 Å². The van der Waals surface area contributed by atoms with Crippen LogP contribution in [0.2, 0.25) is 0 Å². The number of fused-ring (bicyclic) bond motifs is 3. The molecule has 3 aliphatic rings. The molecule has 10 heteroatoms. The zero-order chi connectivity index (χ0) is 19.3. The van der Waals surface area contributed by atoms with E-state index in [0.29, 0.717) is 18.2 Å². The highest BCUT2D eigenvalue weighted by Gasteiger charge is 2.63. The van der Waals surface area contributed by atoms with Gasteiger partial charge in [0.2, 0.25) is 6.10 Å². The van der Waals surface area contributed by atoms with Gasteiger partial charge >= 0.3 is 17.9 Å². The predicted molar refractivity (Wildman–Crippen MR) is 80.7 cm³/mol. The summed E-state index contributed by atoms with van der Waals surface area (Å²) in [6.07, 6.45) is -6.00. The highest BCUT2D eigenvalue weighted by atomic mass is 19.3. The Morgan fingerprint density at radius 3 is 2.41 bits per heavy atom. The smallest absolute Gasteiger partial charge is 0.377 e.